The largest absolute Gasteiger partial charge is 0.302 e. The fourth-order valence-electron chi connectivity index (χ4n) is 0.647. The highest BCUT2D eigenvalue weighted by molar-refractivity contribution is 4.91. The third-order valence-electron chi connectivity index (χ3n) is 1.26. The highest BCUT2D eigenvalue weighted by Gasteiger charge is 2.04. The molecule has 0 aromatic heterocycles. The molecule has 0 aliphatic carbocycles. The number of azide groups is 1. The molecule has 1 atom stereocenters. The van der Waals surface area contributed by atoms with Crippen LogP contribution in [0.2, 0.25) is 0 Å². The molecule has 0 saturated heterocycles. The quantitative estimate of drug-likeness (QED) is 0.381. The SMILES string of the molecule is CC(C)CNC(C#N)CN=[N+]=[N-]. The van der Waals surface area contributed by atoms with Crippen LogP contribution in [0.25, 0.3) is 10.4 Å². The maximum atomic E-state index is 8.57. The lowest BCUT2D eigenvalue weighted by molar-refractivity contribution is 0.518. The van der Waals surface area contributed by atoms with Gasteiger partial charge in [-0.2, -0.15) is 5.26 Å². The van der Waals surface area contributed by atoms with Gasteiger partial charge in [0.1, 0.15) is 6.04 Å². The summed E-state index contributed by atoms with van der Waals surface area (Å²) in [5, 5.41) is 14.9. The first-order chi connectivity index (χ1) is 5.70. The molecule has 0 fully saturated rings. The van der Waals surface area contributed by atoms with Gasteiger partial charge in [0.15, 0.2) is 0 Å². The Bertz CT molecular complexity index is 198. The van der Waals surface area contributed by atoms with Gasteiger partial charge < -0.3 is 5.32 Å². The van der Waals surface area contributed by atoms with Crippen LogP contribution in [-0.4, -0.2) is 19.1 Å². The molecule has 0 amide bonds. The summed E-state index contributed by atoms with van der Waals surface area (Å²) in [6, 6.07) is 1.66. The number of rotatable bonds is 5. The maximum Gasteiger partial charge on any atom is 0.101 e. The van der Waals surface area contributed by atoms with Gasteiger partial charge in [0.2, 0.25) is 0 Å². The van der Waals surface area contributed by atoms with E-state index in [0.717, 1.165) is 6.54 Å². The molecule has 12 heavy (non-hydrogen) atoms. The molecule has 0 aromatic carbocycles. The Labute approximate surface area is 72.0 Å². The van der Waals surface area contributed by atoms with Crippen LogP contribution in [0.3, 0.4) is 0 Å². The van der Waals surface area contributed by atoms with E-state index >= 15 is 0 Å². The number of nitrogens with one attached hydrogen (secondary N) is 1. The number of nitriles is 1. The summed E-state index contributed by atoms with van der Waals surface area (Å²) < 4.78 is 0. The zero-order valence-electron chi connectivity index (χ0n) is 7.36. The molecule has 0 spiro atoms. The minimum Gasteiger partial charge on any atom is -0.302 e. The Balaban J connectivity index is 3.69. The van der Waals surface area contributed by atoms with E-state index in [0.29, 0.717) is 5.92 Å². The number of nitrogens with zero attached hydrogens (tertiary/aromatic N) is 4. The lowest BCUT2D eigenvalue weighted by Crippen LogP contribution is -2.33. The Morgan fingerprint density at radius 1 is 1.67 bits per heavy atom. The summed E-state index contributed by atoms with van der Waals surface area (Å²) in [6.45, 7) is 5.06. The van der Waals surface area contributed by atoms with Gasteiger partial charge in [-0.3, -0.25) is 0 Å². The third kappa shape index (κ3) is 5.54. The summed E-state index contributed by atoms with van der Waals surface area (Å²) in [5.74, 6) is 0.493. The van der Waals surface area contributed by atoms with E-state index in [2.05, 4.69) is 29.2 Å². The normalized spacial score (nSPS) is 11.8. The zero-order valence-corrected chi connectivity index (χ0v) is 7.36. The first kappa shape index (κ1) is 10.8. The zero-order chi connectivity index (χ0) is 9.40. The molecular formula is C7H13N5. The Kier molecular flexibility index (Phi) is 5.80. The van der Waals surface area contributed by atoms with Gasteiger partial charge in [0.05, 0.1) is 12.6 Å². The first-order valence-electron chi connectivity index (χ1n) is 3.84. The first-order valence-corrected chi connectivity index (χ1v) is 3.84. The number of hydrogen-bond acceptors (Lipinski definition) is 3. The summed E-state index contributed by atoms with van der Waals surface area (Å²) >= 11 is 0. The predicted octanol–water partition coefficient (Wildman–Crippen LogP) is 1.43. The standard InChI is InChI=1S/C7H13N5/c1-6(2)4-10-7(3-8)5-11-12-9/h6-7,10H,4-5H2,1-2H3. The summed E-state index contributed by atoms with van der Waals surface area (Å²) in [7, 11) is 0. The Morgan fingerprint density at radius 2 is 2.33 bits per heavy atom. The van der Waals surface area contributed by atoms with Crippen molar-refractivity contribution < 1.29 is 0 Å². The summed E-state index contributed by atoms with van der Waals surface area (Å²) in [6.07, 6.45) is 0. The van der Waals surface area contributed by atoms with Crippen LogP contribution in [0.5, 0.6) is 0 Å². The molecule has 0 aromatic rings. The van der Waals surface area contributed by atoms with Crippen LogP contribution in [0, 0.1) is 17.2 Å². The molecule has 0 heterocycles. The van der Waals surface area contributed by atoms with Crippen molar-refractivity contribution in [2.24, 2.45) is 11.0 Å². The van der Waals surface area contributed by atoms with Gasteiger partial charge in [-0.1, -0.05) is 19.0 Å². The average molecular weight is 167 g/mol. The predicted molar refractivity (Wildman–Crippen MR) is 46.3 cm³/mol. The van der Waals surface area contributed by atoms with Crippen molar-refractivity contribution in [3.63, 3.8) is 0 Å². The van der Waals surface area contributed by atoms with Gasteiger partial charge in [-0.15, -0.1) is 0 Å². The van der Waals surface area contributed by atoms with E-state index in [1.807, 2.05) is 6.07 Å². The van der Waals surface area contributed by atoms with Crippen LogP contribution >= 0.6 is 0 Å². The second kappa shape index (κ2) is 6.47. The van der Waals surface area contributed by atoms with E-state index in [-0.39, 0.29) is 12.6 Å². The second-order valence-corrected chi connectivity index (χ2v) is 2.90. The maximum absolute atomic E-state index is 8.57. The Hall–Kier alpha value is -1.24. The number of hydrogen-bond donors (Lipinski definition) is 1. The van der Waals surface area contributed by atoms with Crippen LogP contribution in [0.1, 0.15) is 13.8 Å². The van der Waals surface area contributed by atoms with Crippen LogP contribution in [-0.2, 0) is 0 Å². The van der Waals surface area contributed by atoms with E-state index in [1.54, 1.807) is 0 Å². The van der Waals surface area contributed by atoms with E-state index in [4.69, 9.17) is 10.8 Å². The van der Waals surface area contributed by atoms with Crippen molar-refractivity contribution in [2.75, 3.05) is 13.1 Å². The van der Waals surface area contributed by atoms with Crippen LogP contribution in [0.4, 0.5) is 0 Å². The van der Waals surface area contributed by atoms with E-state index in [9.17, 15) is 0 Å². The minimum atomic E-state index is -0.358. The fraction of sp³-hybridized carbons (Fsp3) is 0.857. The van der Waals surface area contributed by atoms with E-state index < -0.39 is 0 Å². The lowest BCUT2D eigenvalue weighted by Gasteiger charge is -2.10. The summed E-state index contributed by atoms with van der Waals surface area (Å²) in [5.41, 5.74) is 8.01. The fourth-order valence-corrected chi connectivity index (χ4v) is 0.647. The van der Waals surface area contributed by atoms with Gasteiger partial charge >= 0.3 is 0 Å². The molecule has 0 rings (SSSR count). The molecule has 1 N–H and O–H groups in total. The molecule has 5 heteroatoms. The minimum absolute atomic E-state index is 0.194. The molecule has 0 bridgehead atoms. The van der Waals surface area contributed by atoms with Crippen molar-refractivity contribution in [1.29, 1.82) is 5.26 Å². The van der Waals surface area contributed by atoms with Gasteiger partial charge in [-0.05, 0) is 18.0 Å². The van der Waals surface area contributed by atoms with Crippen molar-refractivity contribution in [3.05, 3.63) is 10.4 Å². The molecule has 5 nitrogen and oxygen atoms in total. The highest BCUT2D eigenvalue weighted by atomic mass is 15.1. The van der Waals surface area contributed by atoms with Crippen molar-refractivity contribution in [1.82, 2.24) is 5.32 Å². The molecular weight excluding hydrogens is 154 g/mol. The Morgan fingerprint density at radius 3 is 2.75 bits per heavy atom. The van der Waals surface area contributed by atoms with Gasteiger partial charge in [-0.25, -0.2) is 0 Å². The molecule has 0 radical (unpaired) electrons. The van der Waals surface area contributed by atoms with Crippen LogP contribution in [0.15, 0.2) is 5.11 Å². The monoisotopic (exact) mass is 167 g/mol. The smallest absolute Gasteiger partial charge is 0.101 e. The van der Waals surface area contributed by atoms with Crippen molar-refractivity contribution in [2.45, 2.75) is 19.9 Å². The highest BCUT2D eigenvalue weighted by Crippen LogP contribution is 1.90. The lowest BCUT2D eigenvalue weighted by atomic mass is 10.2. The van der Waals surface area contributed by atoms with E-state index in [1.165, 1.54) is 0 Å². The van der Waals surface area contributed by atoms with Crippen molar-refractivity contribution in [3.8, 4) is 6.07 Å². The average Bonchev–Trinajstić information content (AvgIpc) is 2.05. The van der Waals surface area contributed by atoms with Gasteiger partial charge in [0.25, 0.3) is 0 Å². The van der Waals surface area contributed by atoms with Crippen molar-refractivity contribution >= 4 is 0 Å². The molecule has 0 saturated carbocycles. The molecule has 0 aliphatic rings. The molecule has 66 valence electrons. The molecule has 0 aliphatic heterocycles. The van der Waals surface area contributed by atoms with Gasteiger partial charge in [0, 0.05) is 4.91 Å². The topological polar surface area (TPSA) is 84.6 Å². The third-order valence-corrected chi connectivity index (χ3v) is 1.26. The summed E-state index contributed by atoms with van der Waals surface area (Å²) in [4.78, 5) is 2.58. The second-order valence-electron chi connectivity index (χ2n) is 2.90. The van der Waals surface area contributed by atoms with Crippen LogP contribution < -0.4 is 5.32 Å². The molecule has 1 unspecified atom stereocenters.